The molecule has 1 saturated heterocycles. The van der Waals surface area contributed by atoms with E-state index in [9.17, 15) is 4.79 Å². The molecule has 3 aromatic rings. The van der Waals surface area contributed by atoms with Crippen molar-refractivity contribution in [3.05, 3.63) is 47.9 Å². The topological polar surface area (TPSA) is 92.0 Å². The third-order valence-electron chi connectivity index (χ3n) is 4.46. The van der Waals surface area contributed by atoms with Crippen molar-refractivity contribution in [2.75, 3.05) is 19.6 Å². The zero-order valence-corrected chi connectivity index (χ0v) is 14.2. The fourth-order valence-corrected chi connectivity index (χ4v) is 3.16. The molecular formula is C17H20N6O2. The van der Waals surface area contributed by atoms with E-state index in [1.165, 1.54) is 0 Å². The van der Waals surface area contributed by atoms with Crippen molar-refractivity contribution in [2.24, 2.45) is 7.05 Å². The number of furan rings is 1. The zero-order valence-electron chi connectivity index (χ0n) is 14.2. The molecule has 0 radical (unpaired) electrons. The predicted molar refractivity (Wildman–Crippen MR) is 90.9 cm³/mol. The smallest absolute Gasteiger partial charge is 0.275 e. The largest absolute Gasteiger partial charge is 0.460 e. The summed E-state index contributed by atoms with van der Waals surface area (Å²) in [5, 5.41) is 10.4. The van der Waals surface area contributed by atoms with Crippen molar-refractivity contribution in [3.63, 3.8) is 0 Å². The molecule has 1 amide bonds. The highest BCUT2D eigenvalue weighted by molar-refractivity contribution is 5.93. The van der Waals surface area contributed by atoms with Crippen LogP contribution >= 0.6 is 0 Å². The molecule has 0 bridgehead atoms. The number of hydrogen-bond acceptors (Lipinski definition) is 5. The maximum absolute atomic E-state index is 13.0. The van der Waals surface area contributed by atoms with Gasteiger partial charge in [0.2, 0.25) is 0 Å². The summed E-state index contributed by atoms with van der Waals surface area (Å²) < 4.78 is 7.53. The molecule has 4 heterocycles. The molecule has 25 heavy (non-hydrogen) atoms. The Labute approximate surface area is 144 Å². The Morgan fingerprint density at radius 1 is 1.40 bits per heavy atom. The number of hydrogen-bond donors (Lipinski definition) is 2. The Hall–Kier alpha value is -2.87. The number of aryl methyl sites for hydroxylation is 2. The molecule has 130 valence electrons. The molecule has 0 saturated carbocycles. The molecule has 1 atom stereocenters. The molecule has 1 fully saturated rings. The van der Waals surface area contributed by atoms with Crippen LogP contribution in [0.3, 0.4) is 0 Å². The number of rotatable bonds is 3. The van der Waals surface area contributed by atoms with E-state index in [1.54, 1.807) is 12.3 Å². The lowest BCUT2D eigenvalue weighted by Crippen LogP contribution is -2.49. The normalized spacial score (nSPS) is 17.8. The van der Waals surface area contributed by atoms with E-state index in [0.717, 1.165) is 18.1 Å². The van der Waals surface area contributed by atoms with Crippen LogP contribution in [0.2, 0.25) is 0 Å². The third kappa shape index (κ3) is 2.85. The molecule has 1 aliphatic rings. The first-order chi connectivity index (χ1) is 12.1. The summed E-state index contributed by atoms with van der Waals surface area (Å²) in [4.78, 5) is 19.2. The molecule has 8 nitrogen and oxygen atoms in total. The number of H-pyrrole nitrogens is 1. The predicted octanol–water partition coefficient (Wildman–Crippen LogP) is 1.50. The van der Waals surface area contributed by atoms with E-state index in [0.29, 0.717) is 30.2 Å². The lowest BCUT2D eigenvalue weighted by atomic mass is 10.1. The highest BCUT2D eigenvalue weighted by Gasteiger charge is 2.32. The first-order valence-electron chi connectivity index (χ1n) is 8.24. The van der Waals surface area contributed by atoms with Crippen LogP contribution in [-0.4, -0.2) is 50.2 Å². The zero-order chi connectivity index (χ0) is 17.4. The quantitative estimate of drug-likeness (QED) is 0.754. The lowest BCUT2D eigenvalue weighted by molar-refractivity contribution is 0.0614. The number of amides is 1. The van der Waals surface area contributed by atoms with Crippen LogP contribution < -0.4 is 5.32 Å². The molecule has 0 aromatic carbocycles. The number of carbonyl (C=O) groups excluding carboxylic acids is 1. The average molecular weight is 340 g/mol. The van der Waals surface area contributed by atoms with Crippen LogP contribution in [-0.2, 0) is 7.05 Å². The molecule has 1 aliphatic heterocycles. The van der Waals surface area contributed by atoms with E-state index in [4.69, 9.17) is 4.42 Å². The summed E-state index contributed by atoms with van der Waals surface area (Å²) in [5.74, 6) is 2.23. The molecule has 2 N–H and O–H groups in total. The Kier molecular flexibility index (Phi) is 3.89. The number of carbonyl (C=O) groups is 1. The second-order valence-electron chi connectivity index (χ2n) is 6.19. The Bertz CT molecular complexity index is 892. The minimum atomic E-state index is -0.118. The van der Waals surface area contributed by atoms with Crippen molar-refractivity contribution in [2.45, 2.75) is 13.0 Å². The van der Waals surface area contributed by atoms with Gasteiger partial charge in [-0.2, -0.15) is 5.10 Å². The monoisotopic (exact) mass is 340 g/mol. The van der Waals surface area contributed by atoms with Crippen molar-refractivity contribution < 1.29 is 9.21 Å². The number of nitrogens with zero attached hydrogens (tertiary/aromatic N) is 4. The van der Waals surface area contributed by atoms with Gasteiger partial charge in [-0.15, -0.1) is 0 Å². The van der Waals surface area contributed by atoms with Gasteiger partial charge in [0.05, 0.1) is 0 Å². The molecule has 4 rings (SSSR count). The molecular weight excluding hydrogens is 320 g/mol. The SMILES string of the molecule is Cc1ccc(-c2cc(C(=O)N3CCNCC3c3nccn3C)n[nH]2)o1. The standard InChI is InChI=1S/C17H20N6O2/c1-11-3-4-15(25-11)12-9-13(21-20-12)17(24)23-8-5-18-10-14(23)16-19-6-7-22(16)2/h3-4,6-7,9,14,18H,5,8,10H2,1-2H3,(H,20,21). The van der Waals surface area contributed by atoms with Crippen molar-refractivity contribution in [1.82, 2.24) is 30.0 Å². The summed E-state index contributed by atoms with van der Waals surface area (Å²) in [6.07, 6.45) is 3.64. The van der Waals surface area contributed by atoms with Gasteiger partial charge in [0.15, 0.2) is 11.5 Å². The van der Waals surface area contributed by atoms with Gasteiger partial charge in [-0.25, -0.2) is 4.98 Å². The third-order valence-corrected chi connectivity index (χ3v) is 4.46. The van der Waals surface area contributed by atoms with Crippen LogP contribution in [0.15, 0.2) is 35.0 Å². The van der Waals surface area contributed by atoms with E-state index >= 15 is 0 Å². The minimum Gasteiger partial charge on any atom is -0.460 e. The summed E-state index contributed by atoms with van der Waals surface area (Å²) in [5.41, 5.74) is 1.07. The summed E-state index contributed by atoms with van der Waals surface area (Å²) >= 11 is 0. The second kappa shape index (κ2) is 6.21. The Balaban J connectivity index is 1.61. The molecule has 3 aromatic heterocycles. The number of nitrogens with one attached hydrogen (secondary N) is 2. The van der Waals surface area contributed by atoms with Crippen molar-refractivity contribution >= 4 is 5.91 Å². The number of aromatic amines is 1. The van der Waals surface area contributed by atoms with Gasteiger partial charge in [-0.05, 0) is 19.1 Å². The van der Waals surface area contributed by atoms with Gasteiger partial charge in [-0.3, -0.25) is 9.89 Å². The van der Waals surface area contributed by atoms with E-state index in [1.807, 2.05) is 41.8 Å². The minimum absolute atomic E-state index is 0.111. The fraction of sp³-hybridized carbons (Fsp3) is 0.353. The van der Waals surface area contributed by atoms with Crippen LogP contribution in [0.4, 0.5) is 0 Å². The van der Waals surface area contributed by atoms with Gasteiger partial charge in [0.1, 0.15) is 23.3 Å². The van der Waals surface area contributed by atoms with Gasteiger partial charge in [0.25, 0.3) is 5.91 Å². The van der Waals surface area contributed by atoms with Crippen LogP contribution in [0.5, 0.6) is 0 Å². The molecule has 1 unspecified atom stereocenters. The molecule has 8 heteroatoms. The maximum atomic E-state index is 13.0. The summed E-state index contributed by atoms with van der Waals surface area (Å²) in [7, 11) is 1.94. The first kappa shape index (κ1) is 15.6. The fourth-order valence-electron chi connectivity index (χ4n) is 3.16. The van der Waals surface area contributed by atoms with Crippen molar-refractivity contribution in [1.29, 1.82) is 0 Å². The van der Waals surface area contributed by atoms with E-state index < -0.39 is 0 Å². The first-order valence-corrected chi connectivity index (χ1v) is 8.24. The summed E-state index contributed by atoms with van der Waals surface area (Å²) in [6.45, 7) is 3.91. The van der Waals surface area contributed by atoms with Crippen molar-refractivity contribution in [3.8, 4) is 11.5 Å². The number of imidazole rings is 1. The van der Waals surface area contributed by atoms with Crippen LogP contribution in [0.25, 0.3) is 11.5 Å². The molecule has 0 spiro atoms. The van der Waals surface area contributed by atoms with E-state index in [2.05, 4.69) is 20.5 Å². The highest BCUT2D eigenvalue weighted by atomic mass is 16.3. The van der Waals surface area contributed by atoms with E-state index in [-0.39, 0.29) is 11.9 Å². The number of piperazine rings is 1. The average Bonchev–Trinajstić information content (AvgIpc) is 3.34. The summed E-state index contributed by atoms with van der Waals surface area (Å²) in [6, 6.07) is 5.36. The van der Waals surface area contributed by atoms with Gasteiger partial charge in [-0.1, -0.05) is 0 Å². The highest BCUT2D eigenvalue weighted by Crippen LogP contribution is 2.25. The molecule has 0 aliphatic carbocycles. The second-order valence-corrected chi connectivity index (χ2v) is 6.19. The van der Waals surface area contributed by atoms with Crippen LogP contribution in [0, 0.1) is 6.92 Å². The lowest BCUT2D eigenvalue weighted by Gasteiger charge is -2.35. The maximum Gasteiger partial charge on any atom is 0.275 e. The van der Waals surface area contributed by atoms with Gasteiger partial charge in [0, 0.05) is 45.1 Å². The number of aromatic nitrogens is 4. The Morgan fingerprint density at radius 3 is 3.00 bits per heavy atom. The Morgan fingerprint density at radius 2 is 2.28 bits per heavy atom. The van der Waals surface area contributed by atoms with Gasteiger partial charge >= 0.3 is 0 Å². The van der Waals surface area contributed by atoms with Crippen LogP contribution in [0.1, 0.15) is 28.1 Å². The van der Waals surface area contributed by atoms with Gasteiger partial charge < -0.3 is 19.2 Å².